The Morgan fingerprint density at radius 1 is 1.34 bits per heavy atom. The van der Waals surface area contributed by atoms with E-state index in [1.165, 1.54) is 29.1 Å². The third-order valence-corrected chi connectivity index (χ3v) is 8.18. The standard InChI is InChI=1S/C17H16ClFIN5O3S/c18-14-15(22-12-2-1-10(20)7-11(12)19)13(8-25-9-21-23-16(14)25)24-29(27,28)17(3-4-17)5-6-26/h1-2,7-9,22,24,26H,3-6H2. The molecule has 29 heavy (non-hydrogen) atoms. The first-order valence-corrected chi connectivity index (χ1v) is 11.6. The molecule has 1 fully saturated rings. The summed E-state index contributed by atoms with van der Waals surface area (Å²) in [7, 11) is -3.82. The predicted molar refractivity (Wildman–Crippen MR) is 117 cm³/mol. The van der Waals surface area contributed by atoms with Crippen LogP contribution in [0.4, 0.5) is 21.5 Å². The SMILES string of the molecule is O=S(=O)(Nc1cn2cnnc2c(Cl)c1Nc1ccc(I)cc1F)C1(CCO)CC1. The second-order valence-corrected chi connectivity index (χ2v) is 10.5. The van der Waals surface area contributed by atoms with E-state index in [0.29, 0.717) is 22.1 Å². The summed E-state index contributed by atoms with van der Waals surface area (Å²) >= 11 is 8.45. The van der Waals surface area contributed by atoms with Gasteiger partial charge in [-0.25, -0.2) is 12.8 Å². The van der Waals surface area contributed by atoms with Crippen LogP contribution in [0.3, 0.4) is 0 Å². The molecular formula is C17H16ClFIN5O3S. The largest absolute Gasteiger partial charge is 0.396 e. The molecule has 2 aromatic heterocycles. The van der Waals surface area contributed by atoms with E-state index < -0.39 is 20.6 Å². The molecule has 2 heterocycles. The Hall–Kier alpha value is -1.70. The molecule has 1 aromatic carbocycles. The summed E-state index contributed by atoms with van der Waals surface area (Å²) in [6.45, 7) is -0.231. The summed E-state index contributed by atoms with van der Waals surface area (Å²) in [4.78, 5) is 0. The molecule has 3 aromatic rings. The topological polar surface area (TPSA) is 109 Å². The number of nitrogens with one attached hydrogen (secondary N) is 2. The van der Waals surface area contributed by atoms with Crippen molar-refractivity contribution in [2.75, 3.05) is 16.6 Å². The predicted octanol–water partition coefficient (Wildman–Crippen LogP) is 3.53. The summed E-state index contributed by atoms with van der Waals surface area (Å²) in [6, 6.07) is 4.59. The minimum Gasteiger partial charge on any atom is -0.396 e. The van der Waals surface area contributed by atoms with Gasteiger partial charge in [0.15, 0.2) is 5.65 Å². The number of pyridine rings is 1. The van der Waals surface area contributed by atoms with Crippen molar-refractivity contribution in [1.29, 1.82) is 0 Å². The Labute approximate surface area is 184 Å². The number of nitrogens with zero attached hydrogens (tertiary/aromatic N) is 3. The highest BCUT2D eigenvalue weighted by molar-refractivity contribution is 14.1. The quantitative estimate of drug-likeness (QED) is 0.388. The van der Waals surface area contributed by atoms with Crippen molar-refractivity contribution in [2.24, 2.45) is 0 Å². The number of fused-ring (bicyclic) bond motifs is 1. The van der Waals surface area contributed by atoms with Crippen molar-refractivity contribution in [2.45, 2.75) is 24.0 Å². The number of sulfonamides is 1. The van der Waals surface area contributed by atoms with Crippen molar-refractivity contribution in [3.05, 3.63) is 45.1 Å². The zero-order valence-corrected chi connectivity index (χ0v) is 18.6. The van der Waals surface area contributed by atoms with Gasteiger partial charge >= 0.3 is 0 Å². The first-order valence-electron chi connectivity index (χ1n) is 8.63. The molecule has 4 rings (SSSR count). The van der Waals surface area contributed by atoms with Crippen LogP contribution in [0.2, 0.25) is 5.02 Å². The van der Waals surface area contributed by atoms with E-state index in [4.69, 9.17) is 11.6 Å². The van der Waals surface area contributed by atoms with Crippen LogP contribution in [0.5, 0.6) is 0 Å². The Kier molecular flexibility index (Phi) is 5.34. The number of aliphatic hydroxyl groups is 1. The highest BCUT2D eigenvalue weighted by Crippen LogP contribution is 2.48. The summed E-state index contributed by atoms with van der Waals surface area (Å²) in [5, 5.41) is 19.9. The van der Waals surface area contributed by atoms with E-state index in [2.05, 4.69) is 20.2 Å². The van der Waals surface area contributed by atoms with Gasteiger partial charge in [-0.15, -0.1) is 10.2 Å². The number of benzene rings is 1. The van der Waals surface area contributed by atoms with Gasteiger partial charge in [-0.3, -0.25) is 9.12 Å². The van der Waals surface area contributed by atoms with Crippen LogP contribution >= 0.6 is 34.2 Å². The molecule has 0 aliphatic heterocycles. The highest BCUT2D eigenvalue weighted by atomic mass is 127. The first-order chi connectivity index (χ1) is 13.8. The fourth-order valence-corrected chi connectivity index (χ4v) is 5.50. The lowest BCUT2D eigenvalue weighted by Gasteiger charge is -2.20. The van der Waals surface area contributed by atoms with Crippen LogP contribution in [-0.4, -0.2) is 39.5 Å². The molecule has 0 bridgehead atoms. The molecule has 1 saturated carbocycles. The monoisotopic (exact) mass is 551 g/mol. The van der Waals surface area contributed by atoms with E-state index in [0.717, 1.165) is 0 Å². The molecule has 12 heteroatoms. The number of halogens is 3. The molecule has 3 N–H and O–H groups in total. The maximum atomic E-state index is 14.4. The van der Waals surface area contributed by atoms with E-state index in [1.807, 2.05) is 22.6 Å². The molecule has 0 atom stereocenters. The molecule has 0 spiro atoms. The van der Waals surface area contributed by atoms with E-state index >= 15 is 0 Å². The fourth-order valence-electron chi connectivity index (χ4n) is 3.10. The number of rotatable bonds is 7. The first kappa shape index (κ1) is 20.6. The average Bonchev–Trinajstić information content (AvgIpc) is 3.30. The highest BCUT2D eigenvalue weighted by Gasteiger charge is 2.54. The van der Waals surface area contributed by atoms with Gasteiger partial charge in [0, 0.05) is 16.4 Å². The average molecular weight is 552 g/mol. The van der Waals surface area contributed by atoms with Crippen LogP contribution in [0.25, 0.3) is 5.65 Å². The van der Waals surface area contributed by atoms with Gasteiger partial charge in [0.1, 0.15) is 17.2 Å². The number of aliphatic hydroxyl groups excluding tert-OH is 1. The van der Waals surface area contributed by atoms with Crippen molar-refractivity contribution >= 4 is 66.9 Å². The minimum absolute atomic E-state index is 0.0904. The third-order valence-electron chi connectivity index (χ3n) is 4.91. The summed E-state index contributed by atoms with van der Waals surface area (Å²) in [5.74, 6) is -0.512. The molecule has 8 nitrogen and oxygen atoms in total. The summed E-state index contributed by atoms with van der Waals surface area (Å²) in [6.07, 6.45) is 3.91. The molecule has 0 radical (unpaired) electrons. The Morgan fingerprint density at radius 3 is 2.76 bits per heavy atom. The van der Waals surface area contributed by atoms with Crippen LogP contribution in [0.15, 0.2) is 30.7 Å². The van der Waals surface area contributed by atoms with Gasteiger partial charge in [-0.1, -0.05) is 11.6 Å². The van der Waals surface area contributed by atoms with Crippen molar-refractivity contribution in [3.63, 3.8) is 0 Å². The lowest BCUT2D eigenvalue weighted by Crippen LogP contribution is -2.31. The molecule has 1 aliphatic rings. The second-order valence-electron chi connectivity index (χ2n) is 6.80. The van der Waals surface area contributed by atoms with Crippen LogP contribution in [0.1, 0.15) is 19.3 Å². The molecule has 0 saturated heterocycles. The van der Waals surface area contributed by atoms with E-state index in [9.17, 15) is 17.9 Å². The normalized spacial score (nSPS) is 15.4. The van der Waals surface area contributed by atoms with Gasteiger partial charge in [0.25, 0.3) is 0 Å². The van der Waals surface area contributed by atoms with Gasteiger partial charge < -0.3 is 10.4 Å². The molecule has 154 valence electrons. The van der Waals surface area contributed by atoms with Crippen molar-refractivity contribution in [1.82, 2.24) is 14.6 Å². The molecule has 1 aliphatic carbocycles. The summed E-state index contributed by atoms with van der Waals surface area (Å²) in [5.41, 5.74) is 0.716. The Bertz CT molecular complexity index is 1200. The second kappa shape index (κ2) is 7.52. The lowest BCUT2D eigenvalue weighted by molar-refractivity contribution is 0.283. The van der Waals surface area contributed by atoms with Crippen LogP contribution < -0.4 is 10.0 Å². The van der Waals surface area contributed by atoms with Gasteiger partial charge in [-0.05, 0) is 60.1 Å². The third kappa shape index (κ3) is 3.76. The van der Waals surface area contributed by atoms with Gasteiger partial charge in [0.05, 0.1) is 21.8 Å². The Morgan fingerprint density at radius 2 is 2.10 bits per heavy atom. The number of anilines is 3. The fraction of sp³-hybridized carbons (Fsp3) is 0.294. The van der Waals surface area contributed by atoms with Crippen molar-refractivity contribution < 1.29 is 17.9 Å². The zero-order chi connectivity index (χ0) is 20.8. The van der Waals surface area contributed by atoms with Gasteiger partial charge in [-0.2, -0.15) is 0 Å². The summed E-state index contributed by atoms with van der Waals surface area (Å²) < 4.78 is 44.1. The zero-order valence-electron chi connectivity index (χ0n) is 14.9. The lowest BCUT2D eigenvalue weighted by atomic mass is 10.2. The molecular weight excluding hydrogens is 536 g/mol. The molecule has 0 amide bonds. The number of hydrogen-bond acceptors (Lipinski definition) is 6. The van der Waals surface area contributed by atoms with Crippen molar-refractivity contribution in [3.8, 4) is 0 Å². The smallest absolute Gasteiger partial charge is 0.238 e. The van der Waals surface area contributed by atoms with E-state index in [-0.39, 0.29) is 35.1 Å². The number of hydrogen-bond donors (Lipinski definition) is 3. The van der Waals surface area contributed by atoms with Gasteiger partial charge in [0.2, 0.25) is 10.0 Å². The van der Waals surface area contributed by atoms with Crippen LogP contribution in [0, 0.1) is 9.39 Å². The maximum absolute atomic E-state index is 14.4. The maximum Gasteiger partial charge on any atom is 0.238 e. The Balaban J connectivity index is 1.79. The molecule has 0 unspecified atom stereocenters. The minimum atomic E-state index is -3.82. The van der Waals surface area contributed by atoms with E-state index in [1.54, 1.807) is 6.07 Å². The number of aromatic nitrogens is 3. The van der Waals surface area contributed by atoms with Crippen LogP contribution in [-0.2, 0) is 10.0 Å².